The number of β-amino-alcohol motifs (C(OH)–C–C–N with tert-alkyl or cyclic N) is 1. The topological polar surface area (TPSA) is 60.8 Å². The largest absolute Gasteiger partial charge is 0.508 e. The maximum atomic E-state index is 12.1. The van der Waals surface area contributed by atoms with Crippen molar-refractivity contribution in [2.45, 2.75) is 18.9 Å². The molecule has 5 heteroatoms. The molecule has 0 saturated carbocycles. The van der Waals surface area contributed by atoms with E-state index in [1.165, 1.54) is 18.2 Å². The molecule has 1 atom stereocenters. The van der Waals surface area contributed by atoms with Gasteiger partial charge in [-0.25, -0.2) is 0 Å². The fourth-order valence-corrected chi connectivity index (χ4v) is 2.19. The number of rotatable bonds is 1. The molecule has 2 N–H and O–H groups in total. The van der Waals surface area contributed by atoms with Gasteiger partial charge in [-0.15, -0.1) is 0 Å². The molecule has 1 aromatic rings. The molecule has 2 rings (SSSR count). The van der Waals surface area contributed by atoms with E-state index in [9.17, 15) is 15.0 Å². The van der Waals surface area contributed by atoms with Gasteiger partial charge in [-0.1, -0.05) is 11.6 Å². The summed E-state index contributed by atoms with van der Waals surface area (Å²) in [5.41, 5.74) is 0.278. The van der Waals surface area contributed by atoms with Gasteiger partial charge in [0.15, 0.2) is 0 Å². The highest BCUT2D eigenvalue weighted by atomic mass is 35.5. The minimum absolute atomic E-state index is 0.00954. The number of halogens is 1. The van der Waals surface area contributed by atoms with Crippen LogP contribution in [0.3, 0.4) is 0 Å². The molecule has 0 spiro atoms. The Balaban J connectivity index is 2.21. The molecule has 1 amide bonds. The highest BCUT2D eigenvalue weighted by Crippen LogP contribution is 2.24. The van der Waals surface area contributed by atoms with Crippen molar-refractivity contribution in [2.24, 2.45) is 0 Å². The minimum Gasteiger partial charge on any atom is -0.508 e. The van der Waals surface area contributed by atoms with Crippen molar-refractivity contribution in [3.05, 3.63) is 28.8 Å². The molecule has 0 bridgehead atoms. The Bertz CT molecular complexity index is 436. The number of piperidine rings is 1. The summed E-state index contributed by atoms with van der Waals surface area (Å²) in [6.07, 6.45) is 1.03. The Hall–Kier alpha value is -1.26. The second-order valence-corrected chi connectivity index (χ2v) is 4.62. The molecular weight excluding hydrogens is 242 g/mol. The number of benzene rings is 1. The van der Waals surface area contributed by atoms with Crippen molar-refractivity contribution in [3.8, 4) is 5.75 Å². The summed E-state index contributed by atoms with van der Waals surface area (Å²) in [6.45, 7) is 0.937. The minimum atomic E-state index is -0.469. The van der Waals surface area contributed by atoms with Crippen molar-refractivity contribution in [3.63, 3.8) is 0 Å². The van der Waals surface area contributed by atoms with Crippen molar-refractivity contribution in [2.75, 3.05) is 13.1 Å². The molecule has 0 aliphatic carbocycles. The molecule has 1 saturated heterocycles. The van der Waals surface area contributed by atoms with E-state index < -0.39 is 6.10 Å². The number of likely N-dealkylation sites (tertiary alicyclic amines) is 1. The molecule has 4 nitrogen and oxygen atoms in total. The highest BCUT2D eigenvalue weighted by Gasteiger charge is 2.24. The van der Waals surface area contributed by atoms with Crippen LogP contribution in [-0.2, 0) is 0 Å². The van der Waals surface area contributed by atoms with Gasteiger partial charge in [0.05, 0.1) is 16.7 Å². The van der Waals surface area contributed by atoms with Gasteiger partial charge in [0.25, 0.3) is 5.91 Å². The van der Waals surface area contributed by atoms with Gasteiger partial charge < -0.3 is 15.1 Å². The first kappa shape index (κ1) is 12.2. The zero-order valence-corrected chi connectivity index (χ0v) is 10.0. The van der Waals surface area contributed by atoms with E-state index in [1.54, 1.807) is 4.90 Å². The first-order chi connectivity index (χ1) is 8.08. The summed E-state index contributed by atoms with van der Waals surface area (Å²) < 4.78 is 0. The zero-order valence-electron chi connectivity index (χ0n) is 9.27. The number of hydrogen-bond acceptors (Lipinski definition) is 3. The number of amides is 1. The van der Waals surface area contributed by atoms with Crippen molar-refractivity contribution in [1.29, 1.82) is 0 Å². The maximum absolute atomic E-state index is 12.1. The molecule has 0 aromatic heterocycles. The summed E-state index contributed by atoms with van der Waals surface area (Å²) >= 11 is 5.93. The lowest BCUT2D eigenvalue weighted by Crippen LogP contribution is -2.42. The monoisotopic (exact) mass is 255 g/mol. The molecule has 92 valence electrons. The Morgan fingerprint density at radius 3 is 2.94 bits per heavy atom. The van der Waals surface area contributed by atoms with Crippen LogP contribution in [0.25, 0.3) is 0 Å². The molecular formula is C12H14ClNO3. The summed E-state index contributed by atoms with van der Waals surface area (Å²) in [4.78, 5) is 13.7. The predicted octanol–water partition coefficient (Wildman–Crippen LogP) is 1.64. The number of phenols is 1. The predicted molar refractivity (Wildman–Crippen MR) is 64.3 cm³/mol. The van der Waals surface area contributed by atoms with E-state index >= 15 is 0 Å². The lowest BCUT2D eigenvalue weighted by atomic mass is 10.1. The van der Waals surface area contributed by atoms with Gasteiger partial charge in [0.2, 0.25) is 0 Å². The van der Waals surface area contributed by atoms with Gasteiger partial charge >= 0.3 is 0 Å². The number of aliphatic hydroxyl groups is 1. The van der Waals surface area contributed by atoms with Gasteiger partial charge in [-0.05, 0) is 31.0 Å². The molecule has 1 heterocycles. The Kier molecular flexibility index (Phi) is 3.54. The number of aromatic hydroxyl groups is 1. The van der Waals surface area contributed by atoms with Crippen LogP contribution in [0.1, 0.15) is 23.2 Å². The lowest BCUT2D eigenvalue weighted by molar-refractivity contribution is 0.0473. The average Bonchev–Trinajstić information content (AvgIpc) is 2.31. The van der Waals surface area contributed by atoms with E-state index in [0.717, 1.165) is 12.8 Å². The van der Waals surface area contributed by atoms with Crippen LogP contribution >= 0.6 is 11.6 Å². The standard InChI is InChI=1S/C12H14ClNO3/c13-11-4-3-8(15)6-10(11)12(17)14-5-1-2-9(16)7-14/h3-4,6,9,15-16H,1-2,5,7H2/t9-/m0/s1. The fourth-order valence-electron chi connectivity index (χ4n) is 1.99. The van der Waals surface area contributed by atoms with Crippen LogP contribution in [-0.4, -0.2) is 40.2 Å². The molecule has 1 aliphatic heterocycles. The van der Waals surface area contributed by atoms with Crippen molar-refractivity contribution >= 4 is 17.5 Å². The van der Waals surface area contributed by atoms with E-state index in [1.807, 2.05) is 0 Å². The summed E-state index contributed by atoms with van der Waals surface area (Å²) in [6, 6.07) is 4.28. The molecule has 1 fully saturated rings. The van der Waals surface area contributed by atoms with Crippen molar-refractivity contribution in [1.82, 2.24) is 4.90 Å². The van der Waals surface area contributed by atoms with Crippen LogP contribution in [0, 0.1) is 0 Å². The number of phenolic OH excluding ortho intramolecular Hbond substituents is 1. The Morgan fingerprint density at radius 2 is 2.24 bits per heavy atom. The number of hydrogen-bond donors (Lipinski definition) is 2. The summed E-state index contributed by atoms with van der Waals surface area (Å²) in [5, 5.41) is 19.2. The van der Waals surface area contributed by atoms with Crippen LogP contribution in [0.2, 0.25) is 5.02 Å². The smallest absolute Gasteiger partial charge is 0.255 e. The summed E-state index contributed by atoms with van der Waals surface area (Å²) in [5.74, 6) is -0.236. The molecule has 1 aliphatic rings. The number of carbonyl (C=O) groups is 1. The van der Waals surface area contributed by atoms with Gasteiger partial charge in [0, 0.05) is 13.1 Å². The molecule has 17 heavy (non-hydrogen) atoms. The third-order valence-corrected chi connectivity index (χ3v) is 3.19. The SMILES string of the molecule is O=C(c1cc(O)ccc1Cl)N1CCC[C@H](O)C1. The third-order valence-electron chi connectivity index (χ3n) is 2.86. The van der Waals surface area contributed by atoms with E-state index in [-0.39, 0.29) is 17.2 Å². The van der Waals surface area contributed by atoms with Crippen LogP contribution < -0.4 is 0 Å². The summed E-state index contributed by atoms with van der Waals surface area (Å²) in [7, 11) is 0. The van der Waals surface area contributed by atoms with Crippen LogP contribution in [0.5, 0.6) is 5.75 Å². The van der Waals surface area contributed by atoms with Gasteiger partial charge in [-0.2, -0.15) is 0 Å². The Labute approximate surface area is 104 Å². The van der Waals surface area contributed by atoms with Crippen molar-refractivity contribution < 1.29 is 15.0 Å². The fraction of sp³-hybridized carbons (Fsp3) is 0.417. The quantitative estimate of drug-likeness (QED) is 0.802. The highest BCUT2D eigenvalue weighted by molar-refractivity contribution is 6.33. The number of nitrogens with zero attached hydrogens (tertiary/aromatic N) is 1. The van der Waals surface area contributed by atoms with Crippen LogP contribution in [0.15, 0.2) is 18.2 Å². The molecule has 0 unspecified atom stereocenters. The first-order valence-corrected chi connectivity index (χ1v) is 5.91. The van der Waals surface area contributed by atoms with Gasteiger partial charge in [0.1, 0.15) is 5.75 Å². The van der Waals surface area contributed by atoms with E-state index in [4.69, 9.17) is 11.6 Å². The Morgan fingerprint density at radius 1 is 1.47 bits per heavy atom. The first-order valence-electron chi connectivity index (χ1n) is 5.54. The second kappa shape index (κ2) is 4.94. The zero-order chi connectivity index (χ0) is 12.4. The average molecular weight is 256 g/mol. The number of carbonyl (C=O) groups excluding carboxylic acids is 1. The van der Waals surface area contributed by atoms with E-state index in [0.29, 0.717) is 18.1 Å². The number of aliphatic hydroxyl groups excluding tert-OH is 1. The third kappa shape index (κ3) is 2.70. The normalized spacial score (nSPS) is 20.4. The molecule has 1 aromatic carbocycles. The van der Waals surface area contributed by atoms with Crippen LogP contribution in [0.4, 0.5) is 0 Å². The maximum Gasteiger partial charge on any atom is 0.255 e. The van der Waals surface area contributed by atoms with Gasteiger partial charge in [-0.3, -0.25) is 4.79 Å². The molecule has 0 radical (unpaired) electrons. The van der Waals surface area contributed by atoms with E-state index in [2.05, 4.69) is 0 Å². The lowest BCUT2D eigenvalue weighted by Gasteiger charge is -2.30. The second-order valence-electron chi connectivity index (χ2n) is 4.21.